The fourth-order valence-corrected chi connectivity index (χ4v) is 2.85. The summed E-state index contributed by atoms with van der Waals surface area (Å²) >= 11 is 0. The van der Waals surface area contributed by atoms with Crippen LogP contribution in [0.25, 0.3) is 0 Å². The second-order valence-corrected chi connectivity index (χ2v) is 7.00. The molecule has 1 heterocycles. The van der Waals surface area contributed by atoms with Crippen molar-refractivity contribution in [2.24, 2.45) is 11.0 Å². The Morgan fingerprint density at radius 2 is 1.87 bits per heavy atom. The standard InChI is InChI=1S/C22H25N3O5/c1-4-28-17-8-5-15(6-9-17)12-23-25-22(27)20(14(2)3)24-21(26)16-7-10-18-19(11-16)30-13-29-18/h5-12,14,20H,4,13H2,1-3H3,(H,24,26)(H,25,27)/b23-12+/t20-/m0/s1. The highest BCUT2D eigenvalue weighted by molar-refractivity contribution is 5.98. The number of hydrogen-bond donors (Lipinski definition) is 2. The number of fused-ring (bicyclic) bond motifs is 1. The van der Waals surface area contributed by atoms with Crippen LogP contribution in [-0.2, 0) is 4.79 Å². The predicted octanol–water partition coefficient (Wildman–Crippen LogP) is 2.72. The number of carbonyl (C=O) groups is 2. The van der Waals surface area contributed by atoms with Crippen LogP contribution in [0, 0.1) is 5.92 Å². The number of hydrazone groups is 1. The molecule has 0 aromatic heterocycles. The van der Waals surface area contributed by atoms with Crippen molar-refractivity contribution >= 4 is 18.0 Å². The molecule has 2 aromatic rings. The van der Waals surface area contributed by atoms with Gasteiger partial charge in [0.05, 0.1) is 12.8 Å². The molecule has 1 aliphatic heterocycles. The first-order valence-corrected chi connectivity index (χ1v) is 9.74. The van der Waals surface area contributed by atoms with Crippen LogP contribution in [0.5, 0.6) is 17.2 Å². The quantitative estimate of drug-likeness (QED) is 0.514. The maximum Gasteiger partial charge on any atom is 0.262 e. The first-order chi connectivity index (χ1) is 14.5. The molecule has 0 bridgehead atoms. The van der Waals surface area contributed by atoms with Gasteiger partial charge in [0.2, 0.25) is 6.79 Å². The third-order valence-corrected chi connectivity index (χ3v) is 4.45. The maximum absolute atomic E-state index is 12.6. The molecule has 0 unspecified atom stereocenters. The summed E-state index contributed by atoms with van der Waals surface area (Å²) in [6.07, 6.45) is 1.53. The Morgan fingerprint density at radius 1 is 1.13 bits per heavy atom. The zero-order chi connectivity index (χ0) is 21.5. The highest BCUT2D eigenvalue weighted by Crippen LogP contribution is 2.32. The van der Waals surface area contributed by atoms with E-state index in [0.29, 0.717) is 23.7 Å². The molecule has 0 spiro atoms. The summed E-state index contributed by atoms with van der Waals surface area (Å²) in [5.41, 5.74) is 3.68. The molecule has 0 aliphatic carbocycles. The minimum Gasteiger partial charge on any atom is -0.494 e. The molecule has 8 heteroatoms. The third-order valence-electron chi connectivity index (χ3n) is 4.45. The van der Waals surface area contributed by atoms with Gasteiger partial charge in [-0.05, 0) is 60.9 Å². The topological polar surface area (TPSA) is 98.2 Å². The summed E-state index contributed by atoms with van der Waals surface area (Å²) in [4.78, 5) is 25.2. The van der Waals surface area contributed by atoms with E-state index in [9.17, 15) is 9.59 Å². The molecule has 2 aromatic carbocycles. The monoisotopic (exact) mass is 411 g/mol. The largest absolute Gasteiger partial charge is 0.494 e. The molecule has 8 nitrogen and oxygen atoms in total. The molecule has 1 atom stereocenters. The van der Waals surface area contributed by atoms with Crippen molar-refractivity contribution in [2.75, 3.05) is 13.4 Å². The molecule has 0 saturated carbocycles. The molecular weight excluding hydrogens is 386 g/mol. The van der Waals surface area contributed by atoms with Crippen molar-refractivity contribution in [3.63, 3.8) is 0 Å². The number of ether oxygens (including phenoxy) is 3. The van der Waals surface area contributed by atoms with Crippen molar-refractivity contribution in [3.8, 4) is 17.2 Å². The van der Waals surface area contributed by atoms with Crippen molar-refractivity contribution < 1.29 is 23.8 Å². The summed E-state index contributed by atoms with van der Waals surface area (Å²) in [5.74, 6) is 0.953. The van der Waals surface area contributed by atoms with Gasteiger partial charge in [-0.3, -0.25) is 9.59 Å². The lowest BCUT2D eigenvalue weighted by Gasteiger charge is -2.20. The van der Waals surface area contributed by atoms with E-state index < -0.39 is 11.9 Å². The smallest absolute Gasteiger partial charge is 0.262 e. The van der Waals surface area contributed by atoms with E-state index in [1.165, 1.54) is 6.21 Å². The maximum atomic E-state index is 12.6. The first kappa shape index (κ1) is 21.2. The lowest BCUT2D eigenvalue weighted by molar-refractivity contribution is -0.123. The molecule has 158 valence electrons. The van der Waals surface area contributed by atoms with Crippen molar-refractivity contribution in [3.05, 3.63) is 53.6 Å². The van der Waals surface area contributed by atoms with Crippen LogP contribution >= 0.6 is 0 Å². The molecule has 0 radical (unpaired) electrons. The number of nitrogens with zero attached hydrogens (tertiary/aromatic N) is 1. The van der Waals surface area contributed by atoms with Gasteiger partial charge in [0.1, 0.15) is 11.8 Å². The summed E-state index contributed by atoms with van der Waals surface area (Å²) in [5, 5.41) is 6.75. The van der Waals surface area contributed by atoms with Gasteiger partial charge < -0.3 is 19.5 Å². The zero-order valence-electron chi connectivity index (χ0n) is 17.2. The Morgan fingerprint density at radius 3 is 2.57 bits per heavy atom. The van der Waals surface area contributed by atoms with E-state index in [1.807, 2.05) is 45.0 Å². The van der Waals surface area contributed by atoms with Crippen LogP contribution in [0.1, 0.15) is 36.7 Å². The zero-order valence-corrected chi connectivity index (χ0v) is 17.2. The van der Waals surface area contributed by atoms with E-state index in [-0.39, 0.29) is 18.6 Å². The SMILES string of the molecule is CCOc1ccc(/C=N/NC(=O)[C@@H](NC(=O)c2ccc3c(c2)OCO3)C(C)C)cc1. The van der Waals surface area contributed by atoms with Crippen molar-refractivity contribution in [1.82, 2.24) is 10.7 Å². The molecule has 1 aliphatic rings. The summed E-state index contributed by atoms with van der Waals surface area (Å²) in [7, 11) is 0. The van der Waals surface area contributed by atoms with Crippen LogP contribution < -0.4 is 25.0 Å². The molecule has 0 fully saturated rings. The Kier molecular flexibility index (Phi) is 6.90. The van der Waals surface area contributed by atoms with E-state index in [4.69, 9.17) is 14.2 Å². The number of rotatable bonds is 8. The van der Waals surface area contributed by atoms with E-state index in [1.54, 1.807) is 18.2 Å². The summed E-state index contributed by atoms with van der Waals surface area (Å²) in [6, 6.07) is 11.5. The van der Waals surface area contributed by atoms with Crippen molar-refractivity contribution in [1.29, 1.82) is 0 Å². The number of nitrogens with one attached hydrogen (secondary N) is 2. The van der Waals surface area contributed by atoms with E-state index >= 15 is 0 Å². The van der Waals surface area contributed by atoms with Crippen LogP contribution in [0.3, 0.4) is 0 Å². The average Bonchev–Trinajstić information content (AvgIpc) is 3.21. The minimum absolute atomic E-state index is 0.129. The summed E-state index contributed by atoms with van der Waals surface area (Å²) in [6.45, 7) is 6.34. The van der Waals surface area contributed by atoms with Gasteiger partial charge in [-0.1, -0.05) is 13.8 Å². The summed E-state index contributed by atoms with van der Waals surface area (Å²) < 4.78 is 15.9. The van der Waals surface area contributed by atoms with Gasteiger partial charge in [-0.15, -0.1) is 0 Å². The van der Waals surface area contributed by atoms with Crippen LogP contribution in [-0.4, -0.2) is 37.5 Å². The Bertz CT molecular complexity index is 925. The first-order valence-electron chi connectivity index (χ1n) is 9.74. The number of hydrogen-bond acceptors (Lipinski definition) is 6. The highest BCUT2D eigenvalue weighted by Gasteiger charge is 2.25. The Hall–Kier alpha value is -3.55. The fourth-order valence-electron chi connectivity index (χ4n) is 2.85. The van der Waals surface area contributed by atoms with Crippen LogP contribution in [0.4, 0.5) is 0 Å². The lowest BCUT2D eigenvalue weighted by atomic mass is 10.0. The van der Waals surface area contributed by atoms with Gasteiger partial charge in [0.15, 0.2) is 11.5 Å². The number of benzene rings is 2. The Labute approximate surface area is 175 Å². The van der Waals surface area contributed by atoms with Gasteiger partial charge in [0.25, 0.3) is 11.8 Å². The molecular formula is C22H25N3O5. The molecule has 30 heavy (non-hydrogen) atoms. The van der Waals surface area contributed by atoms with Crippen LogP contribution in [0.15, 0.2) is 47.6 Å². The molecule has 2 N–H and O–H groups in total. The van der Waals surface area contributed by atoms with Gasteiger partial charge in [-0.2, -0.15) is 5.10 Å². The highest BCUT2D eigenvalue weighted by atomic mass is 16.7. The second kappa shape index (κ2) is 9.78. The normalized spacial score (nSPS) is 13.3. The number of carbonyl (C=O) groups excluding carboxylic acids is 2. The fraction of sp³-hybridized carbons (Fsp3) is 0.318. The molecule has 2 amide bonds. The van der Waals surface area contributed by atoms with Crippen LogP contribution in [0.2, 0.25) is 0 Å². The average molecular weight is 411 g/mol. The van der Waals surface area contributed by atoms with Gasteiger partial charge in [-0.25, -0.2) is 5.43 Å². The van der Waals surface area contributed by atoms with Crippen molar-refractivity contribution in [2.45, 2.75) is 26.8 Å². The van der Waals surface area contributed by atoms with Gasteiger partial charge >= 0.3 is 0 Å². The molecule has 3 rings (SSSR count). The van der Waals surface area contributed by atoms with Gasteiger partial charge in [0, 0.05) is 5.56 Å². The number of amides is 2. The predicted molar refractivity (Wildman–Crippen MR) is 112 cm³/mol. The minimum atomic E-state index is -0.750. The third kappa shape index (κ3) is 5.28. The van der Waals surface area contributed by atoms with E-state index in [0.717, 1.165) is 11.3 Å². The van der Waals surface area contributed by atoms with E-state index in [2.05, 4.69) is 15.8 Å². The molecule has 0 saturated heterocycles. The lowest BCUT2D eigenvalue weighted by Crippen LogP contribution is -2.48. The Balaban J connectivity index is 1.59. The second-order valence-electron chi connectivity index (χ2n) is 7.00.